The van der Waals surface area contributed by atoms with Crippen LogP contribution in [0.4, 0.5) is 5.69 Å². The number of hydrogen-bond donors (Lipinski definition) is 1. The van der Waals surface area contributed by atoms with Crippen molar-refractivity contribution in [2.45, 2.75) is 32.6 Å². The van der Waals surface area contributed by atoms with Gasteiger partial charge in [0.15, 0.2) is 6.61 Å². The van der Waals surface area contributed by atoms with Crippen molar-refractivity contribution in [1.82, 2.24) is 0 Å². The first-order chi connectivity index (χ1) is 9.63. The molecule has 0 heterocycles. The maximum Gasteiger partial charge on any atom is 0.309 e. The fraction of sp³-hybridized carbons (Fsp3) is 0.500. The molecule has 2 atom stereocenters. The summed E-state index contributed by atoms with van der Waals surface area (Å²) in [7, 11) is 0. The molecule has 2 aliphatic carbocycles. The van der Waals surface area contributed by atoms with E-state index in [1.807, 2.05) is 19.1 Å². The molecule has 4 nitrogen and oxygen atoms in total. The van der Waals surface area contributed by atoms with E-state index in [9.17, 15) is 9.59 Å². The van der Waals surface area contributed by atoms with Crippen LogP contribution in [0.3, 0.4) is 0 Å². The minimum absolute atomic E-state index is 0.00259. The second-order valence-corrected chi connectivity index (χ2v) is 5.81. The van der Waals surface area contributed by atoms with E-state index in [2.05, 4.69) is 11.4 Å². The number of carbonyl (C=O) groups excluding carboxylic acids is 2. The second kappa shape index (κ2) is 5.27. The molecule has 1 aromatic rings. The first-order valence-corrected chi connectivity index (χ1v) is 7.22. The molecular weight excluding hydrogens is 254 g/mol. The zero-order valence-corrected chi connectivity index (χ0v) is 11.6. The van der Waals surface area contributed by atoms with Gasteiger partial charge in [-0.15, -0.1) is 0 Å². The number of anilines is 1. The van der Waals surface area contributed by atoms with Gasteiger partial charge in [0.1, 0.15) is 0 Å². The highest BCUT2D eigenvalue weighted by atomic mass is 16.5. The van der Waals surface area contributed by atoms with Gasteiger partial charge in [-0.25, -0.2) is 0 Å². The van der Waals surface area contributed by atoms with Gasteiger partial charge in [-0.3, -0.25) is 9.59 Å². The fourth-order valence-corrected chi connectivity index (χ4v) is 2.74. The van der Waals surface area contributed by atoms with Crippen LogP contribution in [0.2, 0.25) is 0 Å². The van der Waals surface area contributed by atoms with Gasteiger partial charge in [0.2, 0.25) is 0 Å². The number of hydrogen-bond acceptors (Lipinski definition) is 3. The van der Waals surface area contributed by atoms with Crippen LogP contribution in [-0.2, 0) is 27.2 Å². The van der Waals surface area contributed by atoms with Crippen molar-refractivity contribution in [3.63, 3.8) is 0 Å². The number of rotatable bonds is 4. The monoisotopic (exact) mass is 273 g/mol. The van der Waals surface area contributed by atoms with Gasteiger partial charge in [0, 0.05) is 5.69 Å². The van der Waals surface area contributed by atoms with Crippen LogP contribution in [0.1, 0.15) is 30.9 Å². The summed E-state index contributed by atoms with van der Waals surface area (Å²) in [6, 6.07) is 5.99. The fourth-order valence-electron chi connectivity index (χ4n) is 2.74. The molecule has 1 aromatic carbocycles. The van der Waals surface area contributed by atoms with Crippen LogP contribution in [-0.4, -0.2) is 18.5 Å². The van der Waals surface area contributed by atoms with Crippen molar-refractivity contribution in [3.8, 4) is 0 Å². The lowest BCUT2D eigenvalue weighted by molar-refractivity contribution is -0.148. The molecule has 1 saturated carbocycles. The lowest BCUT2D eigenvalue weighted by Crippen LogP contribution is -2.21. The molecule has 4 heteroatoms. The summed E-state index contributed by atoms with van der Waals surface area (Å²) >= 11 is 0. The van der Waals surface area contributed by atoms with E-state index in [-0.39, 0.29) is 24.4 Å². The molecule has 3 rings (SSSR count). The van der Waals surface area contributed by atoms with Crippen molar-refractivity contribution >= 4 is 17.6 Å². The zero-order valence-electron chi connectivity index (χ0n) is 11.6. The highest BCUT2D eigenvalue weighted by Crippen LogP contribution is 2.38. The molecule has 0 aliphatic heterocycles. The number of fused-ring (bicyclic) bond motifs is 1. The Morgan fingerprint density at radius 2 is 2.05 bits per heavy atom. The molecular formula is C16H19NO3. The number of carbonyl (C=O) groups is 2. The van der Waals surface area contributed by atoms with E-state index >= 15 is 0 Å². The van der Waals surface area contributed by atoms with Gasteiger partial charge in [-0.1, -0.05) is 13.0 Å². The Bertz CT molecular complexity index is 553. The van der Waals surface area contributed by atoms with Gasteiger partial charge in [-0.2, -0.15) is 0 Å². The Labute approximate surface area is 118 Å². The Hall–Kier alpha value is -1.84. The smallest absolute Gasteiger partial charge is 0.309 e. The number of esters is 1. The quantitative estimate of drug-likeness (QED) is 0.856. The van der Waals surface area contributed by atoms with Gasteiger partial charge in [0.25, 0.3) is 5.91 Å². The van der Waals surface area contributed by atoms with Crippen molar-refractivity contribution < 1.29 is 14.3 Å². The molecule has 1 N–H and O–H groups in total. The van der Waals surface area contributed by atoms with Crippen molar-refractivity contribution in [3.05, 3.63) is 29.3 Å². The molecule has 2 aliphatic rings. The topological polar surface area (TPSA) is 55.4 Å². The summed E-state index contributed by atoms with van der Waals surface area (Å²) in [5.41, 5.74) is 3.47. The molecule has 0 saturated heterocycles. The van der Waals surface area contributed by atoms with E-state index < -0.39 is 0 Å². The zero-order chi connectivity index (χ0) is 14.1. The molecule has 0 unspecified atom stereocenters. The third-order valence-corrected chi connectivity index (χ3v) is 4.14. The minimum atomic E-state index is -0.274. The number of ether oxygens (including phenoxy) is 1. The molecule has 0 bridgehead atoms. The highest BCUT2D eigenvalue weighted by molar-refractivity contribution is 5.93. The number of aryl methyl sites for hydroxylation is 2. The predicted molar refractivity (Wildman–Crippen MR) is 75.3 cm³/mol. The van der Waals surface area contributed by atoms with Gasteiger partial charge in [0.05, 0.1) is 5.92 Å². The third-order valence-electron chi connectivity index (χ3n) is 4.14. The van der Waals surface area contributed by atoms with Crippen LogP contribution in [0.25, 0.3) is 0 Å². The Kier molecular flexibility index (Phi) is 3.47. The van der Waals surface area contributed by atoms with Gasteiger partial charge >= 0.3 is 5.97 Å². The maximum absolute atomic E-state index is 11.8. The van der Waals surface area contributed by atoms with Crippen molar-refractivity contribution in [1.29, 1.82) is 0 Å². The van der Waals surface area contributed by atoms with Gasteiger partial charge < -0.3 is 10.1 Å². The molecule has 0 aromatic heterocycles. The van der Waals surface area contributed by atoms with E-state index in [0.29, 0.717) is 5.92 Å². The normalized spacial score (nSPS) is 23.1. The summed E-state index contributed by atoms with van der Waals surface area (Å²) in [4.78, 5) is 23.3. The molecule has 1 amide bonds. The van der Waals surface area contributed by atoms with E-state index in [1.165, 1.54) is 17.5 Å². The SMILES string of the molecule is C[C@@H]1C[C@H]1C(=O)OCC(=O)Nc1ccc2c(c1)CCC2. The molecule has 1 fully saturated rings. The van der Waals surface area contributed by atoms with E-state index in [0.717, 1.165) is 24.9 Å². The summed E-state index contributed by atoms with van der Waals surface area (Å²) in [5.74, 6) is -0.115. The number of nitrogens with one attached hydrogen (secondary N) is 1. The molecule has 20 heavy (non-hydrogen) atoms. The molecule has 0 spiro atoms. The third kappa shape index (κ3) is 2.84. The van der Waals surface area contributed by atoms with Crippen molar-refractivity contribution in [2.24, 2.45) is 11.8 Å². The average molecular weight is 273 g/mol. The minimum Gasteiger partial charge on any atom is -0.455 e. The molecule has 0 radical (unpaired) electrons. The number of benzene rings is 1. The standard InChI is InChI=1S/C16H19NO3/c1-10-7-14(10)16(19)20-9-15(18)17-13-6-5-11-3-2-4-12(11)8-13/h5-6,8,10,14H,2-4,7,9H2,1H3,(H,17,18)/t10-,14-/m1/s1. The summed E-state index contributed by atoms with van der Waals surface area (Å²) in [6.07, 6.45) is 4.27. The number of amides is 1. The Morgan fingerprint density at radius 1 is 1.30 bits per heavy atom. The predicted octanol–water partition coefficient (Wildman–Crippen LogP) is 2.31. The highest BCUT2D eigenvalue weighted by Gasteiger charge is 2.40. The van der Waals surface area contributed by atoms with Crippen molar-refractivity contribution in [2.75, 3.05) is 11.9 Å². The molecule has 106 valence electrons. The summed E-state index contributed by atoms with van der Waals surface area (Å²) in [6.45, 7) is 1.82. The summed E-state index contributed by atoms with van der Waals surface area (Å²) in [5, 5.41) is 2.78. The second-order valence-electron chi connectivity index (χ2n) is 5.81. The maximum atomic E-state index is 11.8. The van der Waals surface area contributed by atoms with E-state index in [1.54, 1.807) is 0 Å². The Balaban J connectivity index is 1.50. The lowest BCUT2D eigenvalue weighted by atomic mass is 10.1. The van der Waals surface area contributed by atoms with Crippen LogP contribution in [0.15, 0.2) is 18.2 Å². The van der Waals surface area contributed by atoms with Gasteiger partial charge in [-0.05, 0) is 54.9 Å². The largest absolute Gasteiger partial charge is 0.455 e. The first-order valence-electron chi connectivity index (χ1n) is 7.22. The lowest BCUT2D eigenvalue weighted by Gasteiger charge is -2.08. The summed E-state index contributed by atoms with van der Waals surface area (Å²) < 4.78 is 5.01. The Morgan fingerprint density at radius 3 is 2.80 bits per heavy atom. The van der Waals surface area contributed by atoms with Crippen LogP contribution < -0.4 is 5.32 Å². The first kappa shape index (κ1) is 13.2. The average Bonchev–Trinajstić information content (AvgIpc) is 2.98. The van der Waals surface area contributed by atoms with Crippen LogP contribution in [0, 0.1) is 11.8 Å². The van der Waals surface area contributed by atoms with Crippen LogP contribution in [0.5, 0.6) is 0 Å². The van der Waals surface area contributed by atoms with E-state index in [4.69, 9.17) is 4.74 Å². The van der Waals surface area contributed by atoms with Crippen LogP contribution >= 0.6 is 0 Å².